The Morgan fingerprint density at radius 1 is 1.06 bits per heavy atom. The van der Waals surface area contributed by atoms with E-state index >= 15 is 0 Å². The van der Waals surface area contributed by atoms with Crippen LogP contribution in [0.4, 0.5) is 13.6 Å². The van der Waals surface area contributed by atoms with E-state index in [9.17, 15) is 23.8 Å². The highest BCUT2D eigenvalue weighted by atomic mass is 19.1. The van der Waals surface area contributed by atoms with Crippen molar-refractivity contribution in [2.45, 2.75) is 87.4 Å². The molecule has 1 aliphatic carbocycles. The second-order valence-corrected chi connectivity index (χ2v) is 9.80. The molecule has 0 aromatic rings. The fraction of sp³-hybridized carbons (Fsp3) is 0.955. The van der Waals surface area contributed by atoms with Crippen LogP contribution in [0.25, 0.3) is 0 Å². The molecule has 0 aromatic carbocycles. The second-order valence-electron chi connectivity index (χ2n) is 9.80. The minimum Gasteiger partial charge on any atom is -0.394 e. The molecule has 1 saturated carbocycles. The van der Waals surface area contributed by atoms with Gasteiger partial charge in [-0.1, -0.05) is 0 Å². The maximum absolute atomic E-state index is 14.0. The van der Waals surface area contributed by atoms with E-state index < -0.39 is 42.7 Å². The number of hydrogen-bond acceptors (Lipinski definition) is 7. The van der Waals surface area contributed by atoms with Crippen LogP contribution in [0.15, 0.2) is 0 Å². The Hall–Kier alpha value is -1.11. The number of aliphatic hydroxyl groups is 2. The van der Waals surface area contributed by atoms with Crippen LogP contribution >= 0.6 is 0 Å². The lowest BCUT2D eigenvalue weighted by atomic mass is 9.92. The van der Waals surface area contributed by atoms with Crippen LogP contribution < -0.4 is 16.0 Å². The normalized spacial score (nSPS) is 41.1. The molecule has 0 bridgehead atoms. The van der Waals surface area contributed by atoms with Crippen LogP contribution in [0.1, 0.15) is 38.5 Å². The zero-order valence-corrected chi connectivity index (χ0v) is 19.2. The number of halogens is 2. The predicted octanol–water partition coefficient (Wildman–Crippen LogP) is -0.279. The Balaban J connectivity index is 1.28. The van der Waals surface area contributed by atoms with Crippen LogP contribution in [-0.2, 0) is 4.74 Å². The summed E-state index contributed by atoms with van der Waals surface area (Å²) < 4.78 is 33.2. The van der Waals surface area contributed by atoms with Crippen molar-refractivity contribution in [2.24, 2.45) is 0 Å². The topological polar surface area (TPSA) is 109 Å². The summed E-state index contributed by atoms with van der Waals surface area (Å²) in [6.07, 6.45) is -0.288. The molecule has 8 atom stereocenters. The van der Waals surface area contributed by atoms with Gasteiger partial charge in [0.2, 0.25) is 0 Å². The first-order valence-corrected chi connectivity index (χ1v) is 12.4. The maximum Gasteiger partial charge on any atom is 0.315 e. The molecule has 0 aromatic heterocycles. The standard InChI is InChI=1S/C22H39F2N5O4/c23-14-4-5-16(15(24)11-14)27-22(32)26-12-17-20(21(31)18(13-30)33-17)29-9-7-28(8-10-29)19-3-1-2-6-25-19/h14-21,25,30-31H,1-13H2,(H2,26,27,32)/t14?,15?,16?,17-,18+,19?,20-,21-/m1/s1. The number of nitrogens with zero attached hydrogens (tertiary/aromatic N) is 2. The van der Waals surface area contributed by atoms with E-state index in [1.807, 2.05) is 0 Å². The molecule has 0 radical (unpaired) electrons. The van der Waals surface area contributed by atoms with Crippen LogP contribution in [-0.4, -0.2) is 121 Å². The molecule has 2 amide bonds. The first-order valence-electron chi connectivity index (χ1n) is 12.4. The van der Waals surface area contributed by atoms with Gasteiger partial charge in [0.25, 0.3) is 0 Å². The van der Waals surface area contributed by atoms with E-state index in [1.54, 1.807) is 0 Å². The van der Waals surface area contributed by atoms with Gasteiger partial charge in [-0.15, -0.1) is 0 Å². The molecule has 11 heteroatoms. The van der Waals surface area contributed by atoms with Gasteiger partial charge in [0, 0.05) is 39.1 Å². The highest BCUT2D eigenvalue weighted by Crippen LogP contribution is 2.28. The fourth-order valence-electron chi connectivity index (χ4n) is 5.73. The number of piperidine rings is 1. The average molecular weight is 476 g/mol. The van der Waals surface area contributed by atoms with Crippen molar-refractivity contribution < 1.29 is 28.5 Å². The molecule has 4 rings (SSSR count). The third-order valence-corrected chi connectivity index (χ3v) is 7.63. The van der Waals surface area contributed by atoms with Gasteiger partial charge in [0.05, 0.1) is 31.0 Å². The quantitative estimate of drug-likeness (QED) is 0.360. The molecule has 33 heavy (non-hydrogen) atoms. The monoisotopic (exact) mass is 475 g/mol. The summed E-state index contributed by atoms with van der Waals surface area (Å²) in [6, 6.07) is -1.58. The number of aliphatic hydroxyl groups excluding tert-OH is 2. The molecule has 4 fully saturated rings. The van der Waals surface area contributed by atoms with E-state index in [4.69, 9.17) is 4.74 Å². The number of rotatable bonds is 6. The number of piperazine rings is 1. The van der Waals surface area contributed by atoms with E-state index in [0.717, 1.165) is 39.1 Å². The third kappa shape index (κ3) is 6.12. The molecular formula is C22H39F2N5O4. The summed E-state index contributed by atoms with van der Waals surface area (Å²) in [5.41, 5.74) is 0. The van der Waals surface area contributed by atoms with E-state index in [-0.39, 0.29) is 38.5 Å². The lowest BCUT2D eigenvalue weighted by Gasteiger charge is -2.44. The molecule has 3 heterocycles. The van der Waals surface area contributed by atoms with Gasteiger partial charge in [-0.05, 0) is 38.6 Å². The zero-order chi connectivity index (χ0) is 23.4. The van der Waals surface area contributed by atoms with Gasteiger partial charge < -0.3 is 30.9 Å². The van der Waals surface area contributed by atoms with Gasteiger partial charge in [-0.25, -0.2) is 13.6 Å². The predicted molar refractivity (Wildman–Crippen MR) is 118 cm³/mol. The summed E-state index contributed by atoms with van der Waals surface area (Å²) >= 11 is 0. The van der Waals surface area contributed by atoms with Crippen LogP contribution in [0.2, 0.25) is 0 Å². The minimum absolute atomic E-state index is 0.129. The van der Waals surface area contributed by atoms with E-state index in [1.165, 1.54) is 12.8 Å². The van der Waals surface area contributed by atoms with Gasteiger partial charge >= 0.3 is 6.03 Å². The van der Waals surface area contributed by atoms with Gasteiger partial charge in [-0.2, -0.15) is 0 Å². The van der Waals surface area contributed by atoms with Crippen molar-refractivity contribution in [3.8, 4) is 0 Å². The molecule has 0 spiro atoms. The highest BCUT2D eigenvalue weighted by molar-refractivity contribution is 5.74. The van der Waals surface area contributed by atoms with Crippen molar-refractivity contribution in [3.05, 3.63) is 0 Å². The fourth-order valence-corrected chi connectivity index (χ4v) is 5.73. The van der Waals surface area contributed by atoms with Gasteiger partial charge in [-0.3, -0.25) is 9.80 Å². The number of hydrogen-bond donors (Lipinski definition) is 5. The highest BCUT2D eigenvalue weighted by Gasteiger charge is 2.47. The van der Waals surface area contributed by atoms with Crippen molar-refractivity contribution in [2.75, 3.05) is 45.9 Å². The lowest BCUT2D eigenvalue weighted by molar-refractivity contribution is -0.0206. The molecule has 4 unspecified atom stereocenters. The largest absolute Gasteiger partial charge is 0.394 e. The van der Waals surface area contributed by atoms with Crippen molar-refractivity contribution >= 4 is 6.03 Å². The number of nitrogens with one attached hydrogen (secondary N) is 3. The molecule has 5 N–H and O–H groups in total. The second kappa shape index (κ2) is 11.5. The summed E-state index contributed by atoms with van der Waals surface area (Å²) in [4.78, 5) is 17.0. The number of urea groups is 1. The summed E-state index contributed by atoms with van der Waals surface area (Å²) in [5.74, 6) is 0. The minimum atomic E-state index is -1.40. The Morgan fingerprint density at radius 3 is 2.48 bits per heavy atom. The van der Waals surface area contributed by atoms with Crippen molar-refractivity contribution in [1.29, 1.82) is 0 Å². The van der Waals surface area contributed by atoms with Crippen LogP contribution in [0.5, 0.6) is 0 Å². The Bertz CT molecular complexity index is 636. The number of ether oxygens (including phenoxy) is 1. The Kier molecular flexibility index (Phi) is 8.75. The van der Waals surface area contributed by atoms with Crippen molar-refractivity contribution in [3.63, 3.8) is 0 Å². The maximum atomic E-state index is 14.0. The molecule has 3 saturated heterocycles. The van der Waals surface area contributed by atoms with E-state index in [2.05, 4.69) is 25.8 Å². The summed E-state index contributed by atoms with van der Waals surface area (Å²) in [7, 11) is 0. The van der Waals surface area contributed by atoms with Gasteiger partial charge in [0.15, 0.2) is 0 Å². The number of carbonyl (C=O) groups excluding carboxylic acids is 1. The summed E-state index contributed by atoms with van der Waals surface area (Å²) in [6.45, 7) is 4.15. The van der Waals surface area contributed by atoms with E-state index in [0.29, 0.717) is 6.17 Å². The first-order chi connectivity index (χ1) is 16.0. The summed E-state index contributed by atoms with van der Waals surface area (Å²) in [5, 5.41) is 29.3. The molecule has 9 nitrogen and oxygen atoms in total. The Morgan fingerprint density at radius 2 is 1.82 bits per heavy atom. The number of alkyl halides is 2. The molecule has 4 aliphatic rings. The van der Waals surface area contributed by atoms with Crippen LogP contribution in [0, 0.1) is 0 Å². The van der Waals surface area contributed by atoms with Crippen LogP contribution in [0.3, 0.4) is 0 Å². The number of amides is 2. The Labute approximate surface area is 194 Å². The van der Waals surface area contributed by atoms with Gasteiger partial charge in [0.1, 0.15) is 24.6 Å². The molecular weight excluding hydrogens is 436 g/mol. The smallest absolute Gasteiger partial charge is 0.315 e. The SMILES string of the molecule is O=C(NC[C@H]1O[C@@H](CO)[C@@H](O)[C@@H]1N1CCN(C2CCCCN2)CC1)NC1CCC(F)CC1F. The lowest BCUT2D eigenvalue weighted by Crippen LogP contribution is -2.61. The number of carbonyl (C=O) groups is 1. The molecule has 3 aliphatic heterocycles. The molecule has 190 valence electrons. The first kappa shape index (κ1) is 25.0. The third-order valence-electron chi connectivity index (χ3n) is 7.63. The zero-order valence-electron chi connectivity index (χ0n) is 19.2. The van der Waals surface area contributed by atoms with Crippen molar-refractivity contribution in [1.82, 2.24) is 25.8 Å². The average Bonchev–Trinajstić information content (AvgIpc) is 3.15.